The minimum atomic E-state index is -3.02. The maximum atomic E-state index is 12.4. The van der Waals surface area contributed by atoms with Gasteiger partial charge in [-0.15, -0.1) is 0 Å². The lowest BCUT2D eigenvalue weighted by Gasteiger charge is -2.16. The summed E-state index contributed by atoms with van der Waals surface area (Å²) in [7, 11) is -3.02. The molecule has 5 nitrogen and oxygen atoms in total. The van der Waals surface area contributed by atoms with Crippen molar-refractivity contribution in [2.24, 2.45) is 0 Å². The summed E-state index contributed by atoms with van der Waals surface area (Å²) in [5.74, 6) is 0.810. The molecule has 0 aliphatic carbocycles. The number of halogens is 1. The van der Waals surface area contributed by atoms with Gasteiger partial charge in [0.1, 0.15) is 10.6 Å². The number of hydrogen-bond donors (Lipinski definition) is 1. The Morgan fingerprint density at radius 3 is 2.33 bits per heavy atom. The van der Waals surface area contributed by atoms with E-state index in [2.05, 4.69) is 9.97 Å². The molecule has 0 fully saturated rings. The third kappa shape index (κ3) is 4.28. The van der Waals surface area contributed by atoms with Crippen LogP contribution in [0.5, 0.6) is 11.6 Å². The largest absolute Gasteiger partial charge is 0.437 e. The molecule has 0 saturated heterocycles. The highest BCUT2D eigenvalue weighted by atomic mass is 35.5. The Hall–Kier alpha value is -2.44. The maximum absolute atomic E-state index is 12.4. The van der Waals surface area contributed by atoms with Crippen LogP contribution in [-0.2, 0) is 9.73 Å². The Kier molecular flexibility index (Phi) is 5.22. The highest BCUT2D eigenvalue weighted by Crippen LogP contribution is 2.34. The van der Waals surface area contributed by atoms with Crippen molar-refractivity contribution in [3.63, 3.8) is 0 Å². The molecule has 140 valence electrons. The van der Waals surface area contributed by atoms with Crippen molar-refractivity contribution in [2.45, 2.75) is 25.7 Å². The molecule has 27 heavy (non-hydrogen) atoms. The third-order valence-corrected chi connectivity index (χ3v) is 5.41. The second-order valence-electron chi connectivity index (χ2n) is 6.57. The van der Waals surface area contributed by atoms with E-state index in [1.807, 2.05) is 32.9 Å². The van der Waals surface area contributed by atoms with Crippen LogP contribution in [0.4, 0.5) is 0 Å². The van der Waals surface area contributed by atoms with Gasteiger partial charge in [0.25, 0.3) is 0 Å². The first kappa shape index (κ1) is 19.3. The Labute approximate surface area is 164 Å². The number of pyridine rings is 2. The van der Waals surface area contributed by atoms with Gasteiger partial charge in [-0.3, -0.25) is 4.98 Å². The fourth-order valence-electron chi connectivity index (χ4n) is 2.93. The normalized spacial score (nSPS) is 13.2. The molecule has 7 heteroatoms. The van der Waals surface area contributed by atoms with E-state index in [-0.39, 0.29) is 10.8 Å². The van der Waals surface area contributed by atoms with E-state index in [0.717, 1.165) is 16.7 Å². The summed E-state index contributed by atoms with van der Waals surface area (Å²) in [6.07, 6.45) is 4.54. The molecule has 2 aromatic heterocycles. The number of aromatic nitrogens is 2. The molecular weight excluding hydrogens is 382 g/mol. The van der Waals surface area contributed by atoms with Crippen molar-refractivity contribution in [1.29, 1.82) is 4.78 Å². The second kappa shape index (κ2) is 7.29. The molecular formula is C20H20ClN3O2S. The van der Waals surface area contributed by atoms with Gasteiger partial charge in [-0.25, -0.2) is 14.0 Å². The Morgan fingerprint density at radius 1 is 1.07 bits per heavy atom. The van der Waals surface area contributed by atoms with Crippen LogP contribution in [-0.4, -0.2) is 20.4 Å². The summed E-state index contributed by atoms with van der Waals surface area (Å²) < 4.78 is 26.5. The molecule has 1 atom stereocenters. The number of hydrogen-bond acceptors (Lipinski definition) is 5. The van der Waals surface area contributed by atoms with E-state index in [1.54, 1.807) is 30.6 Å². The van der Waals surface area contributed by atoms with Crippen LogP contribution in [0.2, 0.25) is 5.02 Å². The Bertz CT molecular complexity index is 1100. The molecule has 0 saturated carbocycles. The number of rotatable bonds is 4. The third-order valence-electron chi connectivity index (χ3n) is 4.05. The number of benzene rings is 1. The summed E-state index contributed by atoms with van der Waals surface area (Å²) in [6.45, 7) is 5.91. The maximum Gasteiger partial charge on any atom is 0.237 e. The minimum absolute atomic E-state index is 0.157. The van der Waals surface area contributed by atoms with Gasteiger partial charge in [0.2, 0.25) is 5.88 Å². The zero-order chi connectivity index (χ0) is 19.8. The second-order valence-corrected chi connectivity index (χ2v) is 9.13. The van der Waals surface area contributed by atoms with Crippen LogP contribution in [0, 0.1) is 25.6 Å². The van der Waals surface area contributed by atoms with Gasteiger partial charge in [0, 0.05) is 24.2 Å². The lowest BCUT2D eigenvalue weighted by atomic mass is 10.1. The predicted molar refractivity (Wildman–Crippen MR) is 108 cm³/mol. The van der Waals surface area contributed by atoms with Crippen molar-refractivity contribution in [1.82, 2.24) is 9.97 Å². The monoisotopic (exact) mass is 401 g/mol. The van der Waals surface area contributed by atoms with Gasteiger partial charge < -0.3 is 4.74 Å². The van der Waals surface area contributed by atoms with Gasteiger partial charge >= 0.3 is 0 Å². The van der Waals surface area contributed by atoms with Gasteiger partial charge in [-0.1, -0.05) is 29.3 Å². The van der Waals surface area contributed by atoms with Crippen LogP contribution in [0.15, 0.2) is 47.6 Å². The van der Waals surface area contributed by atoms with E-state index in [4.69, 9.17) is 21.1 Å². The van der Waals surface area contributed by atoms with Crippen molar-refractivity contribution in [3.05, 3.63) is 64.4 Å². The fraction of sp³-hybridized carbons (Fsp3) is 0.200. The van der Waals surface area contributed by atoms with Gasteiger partial charge in [-0.2, -0.15) is 0 Å². The zero-order valence-electron chi connectivity index (χ0n) is 15.5. The standard InChI is InChI=1S/C20H20ClN3O2S/c1-12-7-13(2)19(14(3)8-12)26-20-18(27(4,22)25)6-5-17(24-20)15-9-16(21)11-23-10-15/h5-11,22H,1-4H3. The minimum Gasteiger partial charge on any atom is -0.437 e. The lowest BCUT2D eigenvalue weighted by molar-refractivity contribution is 0.443. The number of nitrogens with zero attached hydrogens (tertiary/aromatic N) is 2. The quantitative estimate of drug-likeness (QED) is 0.621. The van der Waals surface area contributed by atoms with Crippen LogP contribution in [0.3, 0.4) is 0 Å². The lowest BCUT2D eigenvalue weighted by Crippen LogP contribution is -2.03. The smallest absolute Gasteiger partial charge is 0.237 e. The molecule has 0 aliphatic heterocycles. The van der Waals surface area contributed by atoms with Crippen molar-refractivity contribution >= 4 is 21.3 Å². The van der Waals surface area contributed by atoms with Crippen LogP contribution < -0.4 is 4.74 Å². The van der Waals surface area contributed by atoms with E-state index >= 15 is 0 Å². The highest BCUT2D eigenvalue weighted by Gasteiger charge is 2.18. The fourth-order valence-corrected chi connectivity index (χ4v) is 3.86. The van der Waals surface area contributed by atoms with E-state index < -0.39 is 9.73 Å². The number of nitrogens with one attached hydrogen (secondary N) is 1. The van der Waals surface area contributed by atoms with Gasteiger partial charge in [0.15, 0.2) is 0 Å². The summed E-state index contributed by atoms with van der Waals surface area (Å²) in [5, 5.41) is 0.492. The summed E-state index contributed by atoms with van der Waals surface area (Å²) in [4.78, 5) is 8.86. The predicted octanol–water partition coefficient (Wildman–Crippen LogP) is 5.55. The van der Waals surface area contributed by atoms with Crippen molar-refractivity contribution < 1.29 is 8.95 Å². The van der Waals surface area contributed by atoms with E-state index in [0.29, 0.717) is 22.0 Å². The first-order chi connectivity index (χ1) is 12.6. The molecule has 0 spiro atoms. The van der Waals surface area contributed by atoms with Crippen LogP contribution in [0.1, 0.15) is 16.7 Å². The topological polar surface area (TPSA) is 75.9 Å². The SMILES string of the molecule is Cc1cc(C)c(Oc2nc(-c3cncc(Cl)c3)ccc2S(C)(=N)=O)c(C)c1. The summed E-state index contributed by atoms with van der Waals surface area (Å²) in [5.41, 5.74) is 4.31. The molecule has 3 rings (SSSR count). The van der Waals surface area contributed by atoms with Gasteiger partial charge in [0.05, 0.1) is 20.4 Å². The first-order valence-corrected chi connectivity index (χ1v) is 10.6. The Morgan fingerprint density at radius 2 is 1.74 bits per heavy atom. The molecule has 1 aromatic carbocycles. The summed E-state index contributed by atoms with van der Waals surface area (Å²) >= 11 is 6.03. The molecule has 0 amide bonds. The van der Waals surface area contributed by atoms with Crippen LogP contribution >= 0.6 is 11.6 Å². The molecule has 3 aromatic rings. The average Bonchev–Trinajstić information content (AvgIpc) is 2.57. The molecule has 2 heterocycles. The van der Waals surface area contributed by atoms with Crippen molar-refractivity contribution in [3.8, 4) is 22.9 Å². The summed E-state index contributed by atoms with van der Waals surface area (Å²) in [6, 6.07) is 9.08. The molecule has 1 N–H and O–H groups in total. The first-order valence-electron chi connectivity index (χ1n) is 8.26. The number of aryl methyl sites for hydroxylation is 3. The average molecular weight is 402 g/mol. The van der Waals surface area contributed by atoms with Crippen molar-refractivity contribution in [2.75, 3.05) is 6.26 Å². The van der Waals surface area contributed by atoms with E-state index in [1.165, 1.54) is 6.26 Å². The van der Waals surface area contributed by atoms with Crippen LogP contribution in [0.25, 0.3) is 11.3 Å². The molecule has 0 aliphatic rings. The molecule has 0 radical (unpaired) electrons. The highest BCUT2D eigenvalue weighted by molar-refractivity contribution is 7.91. The molecule has 1 unspecified atom stereocenters. The Balaban J connectivity index is 2.16. The number of ether oxygens (including phenoxy) is 1. The zero-order valence-corrected chi connectivity index (χ0v) is 17.1. The van der Waals surface area contributed by atoms with E-state index in [9.17, 15) is 4.21 Å². The molecule has 0 bridgehead atoms. The van der Waals surface area contributed by atoms with Gasteiger partial charge in [-0.05, 0) is 50.1 Å².